The molecule has 5 atom stereocenters. The van der Waals surface area contributed by atoms with Gasteiger partial charge < -0.3 is 25.2 Å². The van der Waals surface area contributed by atoms with Gasteiger partial charge in [0.25, 0.3) is 11.5 Å². The predicted octanol–water partition coefficient (Wildman–Crippen LogP) is 1.01. The van der Waals surface area contributed by atoms with Crippen molar-refractivity contribution in [3.05, 3.63) is 80.6 Å². The van der Waals surface area contributed by atoms with Gasteiger partial charge in [0.1, 0.15) is 18.2 Å². The first-order valence-corrected chi connectivity index (χ1v) is 14.4. The van der Waals surface area contributed by atoms with Crippen molar-refractivity contribution in [2.45, 2.75) is 81.9 Å². The van der Waals surface area contributed by atoms with Crippen LogP contribution in [0.5, 0.6) is 0 Å². The topological polar surface area (TPSA) is 154 Å². The quantitative estimate of drug-likeness (QED) is 0.296. The SMILES string of the molecule is O=C(N[C@H](Cc1ccccc1)C(=O)N(CCC1=CCCCC1)CC1CC1)[C@H]1O[C@@H](n2ccc(=O)[nH]c2=O)[C@H](O)[C@@H]1O. The van der Waals surface area contributed by atoms with E-state index in [1.807, 2.05) is 35.2 Å². The molecule has 2 heterocycles. The molecule has 1 aromatic carbocycles. The van der Waals surface area contributed by atoms with Crippen LogP contribution in [0.1, 0.15) is 56.7 Å². The number of hydrogen-bond donors (Lipinski definition) is 4. The van der Waals surface area contributed by atoms with Crippen LogP contribution in [0, 0.1) is 5.92 Å². The van der Waals surface area contributed by atoms with Crippen molar-refractivity contribution in [3.8, 4) is 0 Å². The fraction of sp³-hybridized carbons (Fsp3) is 0.533. The number of aliphatic hydroxyl groups excluding tert-OH is 2. The largest absolute Gasteiger partial charge is 0.387 e. The minimum Gasteiger partial charge on any atom is -0.387 e. The number of amides is 2. The molecule has 2 aromatic rings. The molecule has 11 nitrogen and oxygen atoms in total. The zero-order valence-electron chi connectivity index (χ0n) is 23.0. The summed E-state index contributed by atoms with van der Waals surface area (Å²) in [7, 11) is 0. The fourth-order valence-corrected chi connectivity index (χ4v) is 5.57. The van der Waals surface area contributed by atoms with E-state index < -0.39 is 47.7 Å². The van der Waals surface area contributed by atoms with Crippen molar-refractivity contribution in [1.82, 2.24) is 19.8 Å². The Morgan fingerprint density at radius 2 is 1.88 bits per heavy atom. The molecule has 1 saturated heterocycles. The molecule has 5 rings (SSSR count). The molecule has 3 aliphatic rings. The highest BCUT2D eigenvalue weighted by Gasteiger charge is 2.48. The summed E-state index contributed by atoms with van der Waals surface area (Å²) in [6.45, 7) is 1.20. The van der Waals surface area contributed by atoms with Crippen LogP contribution >= 0.6 is 0 Å². The summed E-state index contributed by atoms with van der Waals surface area (Å²) in [5.41, 5.74) is 0.744. The lowest BCUT2D eigenvalue weighted by molar-refractivity contribution is -0.143. The number of allylic oxidation sites excluding steroid dienone is 1. The van der Waals surface area contributed by atoms with E-state index in [1.54, 1.807) is 0 Å². The van der Waals surface area contributed by atoms with Crippen molar-refractivity contribution >= 4 is 11.8 Å². The summed E-state index contributed by atoms with van der Waals surface area (Å²) in [4.78, 5) is 55.1. The number of nitrogens with zero attached hydrogens (tertiary/aromatic N) is 2. The van der Waals surface area contributed by atoms with Crippen molar-refractivity contribution in [2.75, 3.05) is 13.1 Å². The summed E-state index contributed by atoms with van der Waals surface area (Å²) < 4.78 is 6.55. The molecule has 0 spiro atoms. The molecule has 11 heteroatoms. The minimum absolute atomic E-state index is 0.202. The predicted molar refractivity (Wildman–Crippen MR) is 150 cm³/mol. The van der Waals surface area contributed by atoms with E-state index >= 15 is 0 Å². The Morgan fingerprint density at radius 1 is 1.10 bits per heavy atom. The molecule has 2 fully saturated rings. The molecular weight excluding hydrogens is 528 g/mol. The van der Waals surface area contributed by atoms with Crippen LogP contribution in [0.25, 0.3) is 0 Å². The first kappa shape index (κ1) is 29.0. The van der Waals surface area contributed by atoms with Gasteiger partial charge in [0.15, 0.2) is 12.3 Å². The van der Waals surface area contributed by atoms with Crippen molar-refractivity contribution < 1.29 is 24.5 Å². The summed E-state index contributed by atoms with van der Waals surface area (Å²) in [6.07, 6.45) is 4.86. The average molecular weight is 567 g/mol. The number of aliphatic hydroxyl groups is 2. The number of carbonyl (C=O) groups excluding carboxylic acids is 2. The molecule has 4 N–H and O–H groups in total. The van der Waals surface area contributed by atoms with Gasteiger partial charge in [-0.2, -0.15) is 0 Å². The Kier molecular flexibility index (Phi) is 9.16. The fourth-order valence-electron chi connectivity index (χ4n) is 5.57. The smallest absolute Gasteiger partial charge is 0.330 e. The van der Waals surface area contributed by atoms with Gasteiger partial charge >= 0.3 is 5.69 Å². The molecule has 220 valence electrons. The standard InChI is InChI=1S/C30H38N4O7/c35-23-14-16-34(30(40)32-23)29-25(37)24(36)26(41-29)27(38)31-22(17-20-9-5-2-6-10-20)28(39)33(18-21-11-12-21)15-13-19-7-3-1-4-8-19/h2,5-7,9-10,14,16,21-22,24-26,29,36-37H,1,3-4,8,11-13,15,17-18H2,(H,31,38)(H,32,35,40)/t22-,24+,25-,26+,29-/m1/s1. The second-order valence-corrected chi connectivity index (χ2v) is 11.3. The van der Waals surface area contributed by atoms with Gasteiger partial charge in [-0.15, -0.1) is 0 Å². The van der Waals surface area contributed by atoms with E-state index in [0.29, 0.717) is 19.0 Å². The van der Waals surface area contributed by atoms with E-state index in [2.05, 4.69) is 16.4 Å². The monoisotopic (exact) mass is 566 g/mol. The van der Waals surface area contributed by atoms with Gasteiger partial charge in [-0.1, -0.05) is 42.0 Å². The van der Waals surface area contributed by atoms with Gasteiger partial charge in [-0.25, -0.2) is 4.79 Å². The maximum absolute atomic E-state index is 14.0. The summed E-state index contributed by atoms with van der Waals surface area (Å²) >= 11 is 0. The number of rotatable bonds is 11. The normalized spacial score (nSPS) is 24.9. The molecule has 1 saturated carbocycles. The van der Waals surface area contributed by atoms with Crippen LogP contribution in [0.15, 0.2) is 63.8 Å². The molecule has 2 amide bonds. The summed E-state index contributed by atoms with van der Waals surface area (Å²) in [5.74, 6) is -0.516. The first-order chi connectivity index (χ1) is 19.8. The maximum atomic E-state index is 14.0. The van der Waals surface area contributed by atoms with Gasteiger partial charge in [0.05, 0.1) is 0 Å². The van der Waals surface area contributed by atoms with Gasteiger partial charge in [0.2, 0.25) is 5.91 Å². The lowest BCUT2D eigenvalue weighted by Crippen LogP contribution is -2.54. The second kappa shape index (κ2) is 13.0. The zero-order valence-corrected chi connectivity index (χ0v) is 23.0. The third-order valence-electron chi connectivity index (χ3n) is 8.09. The van der Waals surface area contributed by atoms with E-state index in [-0.39, 0.29) is 12.3 Å². The molecule has 2 aliphatic carbocycles. The molecule has 0 bridgehead atoms. The number of carbonyl (C=O) groups is 2. The van der Waals surface area contributed by atoms with Crippen LogP contribution in [-0.2, 0) is 20.7 Å². The van der Waals surface area contributed by atoms with Gasteiger partial charge in [0, 0.05) is 31.8 Å². The number of ether oxygens (including phenoxy) is 1. The number of H-pyrrole nitrogens is 1. The Bertz CT molecular complexity index is 1370. The molecule has 0 unspecified atom stereocenters. The minimum atomic E-state index is -1.66. The Labute approximate surface area is 237 Å². The molecule has 1 aromatic heterocycles. The molecule has 1 aliphatic heterocycles. The van der Waals surface area contributed by atoms with Crippen molar-refractivity contribution in [1.29, 1.82) is 0 Å². The van der Waals surface area contributed by atoms with E-state index in [4.69, 9.17) is 4.74 Å². The average Bonchev–Trinajstić information content (AvgIpc) is 3.75. The molecule has 0 radical (unpaired) electrons. The van der Waals surface area contributed by atoms with Crippen LogP contribution in [-0.4, -0.2) is 73.9 Å². The van der Waals surface area contributed by atoms with E-state index in [0.717, 1.165) is 60.9 Å². The molecular formula is C30H38N4O7. The van der Waals surface area contributed by atoms with Crippen LogP contribution in [0.4, 0.5) is 0 Å². The lowest BCUT2D eigenvalue weighted by atomic mass is 9.97. The van der Waals surface area contributed by atoms with Crippen molar-refractivity contribution in [3.63, 3.8) is 0 Å². The van der Waals surface area contributed by atoms with Crippen molar-refractivity contribution in [2.24, 2.45) is 5.92 Å². The van der Waals surface area contributed by atoms with E-state index in [1.165, 1.54) is 12.0 Å². The number of benzene rings is 1. The number of nitrogens with one attached hydrogen (secondary N) is 2. The third kappa shape index (κ3) is 7.22. The molecule has 41 heavy (non-hydrogen) atoms. The Morgan fingerprint density at radius 3 is 2.56 bits per heavy atom. The highest BCUT2D eigenvalue weighted by molar-refractivity contribution is 5.90. The number of aromatic amines is 1. The Balaban J connectivity index is 1.33. The number of hydrogen-bond acceptors (Lipinski definition) is 7. The summed E-state index contributed by atoms with van der Waals surface area (Å²) in [5, 5.41) is 24.1. The highest BCUT2D eigenvalue weighted by Crippen LogP contribution is 2.31. The third-order valence-corrected chi connectivity index (χ3v) is 8.09. The number of aromatic nitrogens is 2. The van der Waals surface area contributed by atoms with Crippen LogP contribution in [0.3, 0.4) is 0 Å². The highest BCUT2D eigenvalue weighted by atomic mass is 16.6. The maximum Gasteiger partial charge on any atom is 0.330 e. The van der Waals surface area contributed by atoms with Crippen LogP contribution in [0.2, 0.25) is 0 Å². The van der Waals surface area contributed by atoms with Crippen LogP contribution < -0.4 is 16.6 Å². The first-order valence-electron chi connectivity index (χ1n) is 14.4. The second-order valence-electron chi connectivity index (χ2n) is 11.3. The van der Waals surface area contributed by atoms with E-state index in [9.17, 15) is 29.4 Å². The summed E-state index contributed by atoms with van der Waals surface area (Å²) in [6, 6.07) is 9.52. The Hall–Kier alpha value is -3.54. The lowest BCUT2D eigenvalue weighted by Gasteiger charge is -2.30. The van der Waals surface area contributed by atoms with Gasteiger partial charge in [-0.05, 0) is 56.4 Å². The van der Waals surface area contributed by atoms with Gasteiger partial charge in [-0.3, -0.25) is 23.9 Å². The zero-order chi connectivity index (χ0) is 28.9.